The van der Waals surface area contributed by atoms with Crippen LogP contribution in [0.2, 0.25) is 0 Å². The summed E-state index contributed by atoms with van der Waals surface area (Å²) in [7, 11) is 0. The van der Waals surface area contributed by atoms with Crippen LogP contribution in [0.25, 0.3) is 0 Å². The molecule has 1 aliphatic carbocycles. The first-order valence-electron chi connectivity index (χ1n) is 5.53. The highest BCUT2D eigenvalue weighted by Gasteiger charge is 2.23. The van der Waals surface area contributed by atoms with Gasteiger partial charge >= 0.3 is 0 Å². The van der Waals surface area contributed by atoms with E-state index in [1.807, 2.05) is 11.3 Å². The molecule has 0 saturated heterocycles. The summed E-state index contributed by atoms with van der Waals surface area (Å²) in [5.41, 5.74) is 0. The predicted octanol–water partition coefficient (Wildman–Crippen LogP) is 3.01. The molecular weight excluding hydrogens is 192 g/mol. The van der Waals surface area contributed by atoms with E-state index in [-0.39, 0.29) is 6.10 Å². The monoisotopic (exact) mass is 210 g/mol. The van der Waals surface area contributed by atoms with Crippen LogP contribution in [-0.2, 0) is 12.8 Å². The van der Waals surface area contributed by atoms with Gasteiger partial charge in [-0.2, -0.15) is 0 Å². The van der Waals surface area contributed by atoms with Gasteiger partial charge in [-0.1, -0.05) is 6.92 Å². The van der Waals surface area contributed by atoms with Crippen LogP contribution < -0.4 is 0 Å². The Bertz CT molecular complexity index is 292. The van der Waals surface area contributed by atoms with E-state index in [1.165, 1.54) is 22.6 Å². The maximum atomic E-state index is 9.43. The lowest BCUT2D eigenvalue weighted by molar-refractivity contribution is 0.177. The molecule has 1 aliphatic rings. The van der Waals surface area contributed by atoms with E-state index >= 15 is 0 Å². The van der Waals surface area contributed by atoms with E-state index in [1.54, 1.807) is 0 Å². The summed E-state index contributed by atoms with van der Waals surface area (Å²) in [4.78, 5) is 2.99. The third-order valence-electron chi connectivity index (χ3n) is 3.07. The first-order valence-corrected chi connectivity index (χ1v) is 6.35. The number of rotatable bonds is 3. The second-order valence-electron chi connectivity index (χ2n) is 4.26. The molecule has 0 bridgehead atoms. The molecule has 78 valence electrons. The van der Waals surface area contributed by atoms with Crippen LogP contribution >= 0.6 is 11.3 Å². The van der Waals surface area contributed by atoms with Crippen LogP contribution in [0.15, 0.2) is 12.1 Å². The van der Waals surface area contributed by atoms with E-state index in [9.17, 15) is 5.11 Å². The van der Waals surface area contributed by atoms with Crippen molar-refractivity contribution in [1.29, 1.82) is 0 Å². The highest BCUT2D eigenvalue weighted by atomic mass is 32.1. The summed E-state index contributed by atoms with van der Waals surface area (Å²) in [6, 6.07) is 4.50. The van der Waals surface area contributed by atoms with Gasteiger partial charge < -0.3 is 5.11 Å². The molecule has 0 aliphatic heterocycles. The highest BCUT2D eigenvalue weighted by molar-refractivity contribution is 7.11. The van der Waals surface area contributed by atoms with Crippen molar-refractivity contribution in [3.8, 4) is 0 Å². The minimum absolute atomic E-state index is 0.0226. The van der Waals surface area contributed by atoms with E-state index in [0.717, 1.165) is 25.2 Å². The fourth-order valence-corrected chi connectivity index (χ4v) is 3.31. The molecule has 2 heteroatoms. The first kappa shape index (κ1) is 10.2. The SMILES string of the molecule is CCc1ccc(CC2CCC(O)C2)s1. The minimum atomic E-state index is -0.0226. The Kier molecular flexibility index (Phi) is 3.24. The van der Waals surface area contributed by atoms with E-state index in [4.69, 9.17) is 0 Å². The van der Waals surface area contributed by atoms with Gasteiger partial charge in [0.25, 0.3) is 0 Å². The topological polar surface area (TPSA) is 20.2 Å². The summed E-state index contributed by atoms with van der Waals surface area (Å²) >= 11 is 1.94. The Morgan fingerprint density at radius 1 is 1.36 bits per heavy atom. The number of hydrogen-bond donors (Lipinski definition) is 1. The Morgan fingerprint density at radius 2 is 2.14 bits per heavy atom. The van der Waals surface area contributed by atoms with Crippen LogP contribution in [0.1, 0.15) is 35.9 Å². The van der Waals surface area contributed by atoms with Crippen LogP contribution in [0.5, 0.6) is 0 Å². The van der Waals surface area contributed by atoms with Crippen LogP contribution in [0.3, 0.4) is 0 Å². The second kappa shape index (κ2) is 4.45. The largest absolute Gasteiger partial charge is 0.393 e. The van der Waals surface area contributed by atoms with Crippen molar-refractivity contribution < 1.29 is 5.11 Å². The number of hydrogen-bond acceptors (Lipinski definition) is 2. The molecule has 0 aromatic carbocycles. The molecule has 1 saturated carbocycles. The number of thiophene rings is 1. The minimum Gasteiger partial charge on any atom is -0.393 e. The molecule has 2 atom stereocenters. The molecule has 0 amide bonds. The molecule has 14 heavy (non-hydrogen) atoms. The maximum Gasteiger partial charge on any atom is 0.0543 e. The Hall–Kier alpha value is -0.340. The normalized spacial score (nSPS) is 27.0. The summed E-state index contributed by atoms with van der Waals surface area (Å²) in [6.45, 7) is 2.20. The van der Waals surface area contributed by atoms with Gasteiger partial charge in [0.1, 0.15) is 0 Å². The zero-order valence-corrected chi connectivity index (χ0v) is 9.52. The Morgan fingerprint density at radius 3 is 2.71 bits per heavy atom. The van der Waals surface area contributed by atoms with E-state index in [2.05, 4.69) is 19.1 Å². The third-order valence-corrected chi connectivity index (χ3v) is 4.32. The number of aliphatic hydroxyl groups is 1. The summed E-state index contributed by atoms with van der Waals surface area (Å²) in [6.07, 6.45) is 5.54. The smallest absolute Gasteiger partial charge is 0.0543 e. The lowest BCUT2D eigenvalue weighted by atomic mass is 10.0. The Labute approximate surface area is 89.8 Å². The number of aryl methyl sites for hydroxylation is 1. The first-order chi connectivity index (χ1) is 6.78. The van der Waals surface area contributed by atoms with E-state index in [0.29, 0.717) is 0 Å². The molecule has 2 unspecified atom stereocenters. The fraction of sp³-hybridized carbons (Fsp3) is 0.667. The fourth-order valence-electron chi connectivity index (χ4n) is 2.24. The lowest BCUT2D eigenvalue weighted by Gasteiger charge is -2.06. The van der Waals surface area contributed by atoms with Crippen LogP contribution in [0.4, 0.5) is 0 Å². The number of aliphatic hydroxyl groups excluding tert-OH is 1. The van der Waals surface area contributed by atoms with Gasteiger partial charge in [0.2, 0.25) is 0 Å². The van der Waals surface area contributed by atoms with Gasteiger partial charge in [-0.25, -0.2) is 0 Å². The molecule has 1 aromatic rings. The van der Waals surface area contributed by atoms with Gasteiger partial charge in [0.15, 0.2) is 0 Å². The van der Waals surface area contributed by atoms with Gasteiger partial charge in [-0.3, -0.25) is 0 Å². The molecule has 2 rings (SSSR count). The van der Waals surface area contributed by atoms with Crippen molar-refractivity contribution in [2.24, 2.45) is 5.92 Å². The predicted molar refractivity (Wildman–Crippen MR) is 60.7 cm³/mol. The molecule has 1 N–H and O–H groups in total. The van der Waals surface area contributed by atoms with Gasteiger partial charge in [0, 0.05) is 9.75 Å². The average Bonchev–Trinajstić information content (AvgIpc) is 2.76. The molecule has 1 heterocycles. The molecular formula is C12H18OS. The molecule has 1 fully saturated rings. The van der Waals surface area contributed by atoms with E-state index < -0.39 is 0 Å². The molecule has 1 nitrogen and oxygen atoms in total. The Balaban J connectivity index is 1.90. The van der Waals surface area contributed by atoms with Crippen LogP contribution in [-0.4, -0.2) is 11.2 Å². The molecule has 0 spiro atoms. The molecule has 1 aromatic heterocycles. The maximum absolute atomic E-state index is 9.43. The third kappa shape index (κ3) is 2.37. The van der Waals surface area contributed by atoms with Gasteiger partial charge in [-0.05, 0) is 50.2 Å². The van der Waals surface area contributed by atoms with Crippen LogP contribution in [0, 0.1) is 5.92 Å². The van der Waals surface area contributed by atoms with Crippen molar-refractivity contribution in [2.75, 3.05) is 0 Å². The quantitative estimate of drug-likeness (QED) is 0.813. The van der Waals surface area contributed by atoms with Crippen molar-refractivity contribution in [3.63, 3.8) is 0 Å². The second-order valence-corrected chi connectivity index (χ2v) is 5.51. The average molecular weight is 210 g/mol. The van der Waals surface area contributed by atoms with Crippen molar-refractivity contribution in [1.82, 2.24) is 0 Å². The van der Waals surface area contributed by atoms with Crippen molar-refractivity contribution in [3.05, 3.63) is 21.9 Å². The standard InChI is InChI=1S/C12H18OS/c1-2-11-5-6-12(14-11)8-9-3-4-10(13)7-9/h5-6,9-10,13H,2-4,7-8H2,1H3. The zero-order valence-electron chi connectivity index (χ0n) is 8.70. The summed E-state index contributed by atoms with van der Waals surface area (Å²) in [5, 5.41) is 9.43. The zero-order chi connectivity index (χ0) is 9.97. The molecule has 0 radical (unpaired) electrons. The lowest BCUT2D eigenvalue weighted by Crippen LogP contribution is -2.02. The van der Waals surface area contributed by atoms with Gasteiger partial charge in [-0.15, -0.1) is 11.3 Å². The van der Waals surface area contributed by atoms with Gasteiger partial charge in [0.05, 0.1) is 6.10 Å². The van der Waals surface area contributed by atoms with Crippen molar-refractivity contribution >= 4 is 11.3 Å². The highest BCUT2D eigenvalue weighted by Crippen LogP contribution is 2.30. The summed E-state index contributed by atoms with van der Waals surface area (Å²) < 4.78 is 0. The van der Waals surface area contributed by atoms with Crippen molar-refractivity contribution in [2.45, 2.75) is 45.1 Å². The summed E-state index contributed by atoms with van der Waals surface area (Å²) in [5.74, 6) is 0.730.